The number of hydrogen-bond acceptors (Lipinski definition) is 3. The minimum absolute atomic E-state index is 0.146. The van der Waals surface area contributed by atoms with E-state index < -0.39 is 17.8 Å². The van der Waals surface area contributed by atoms with Crippen molar-refractivity contribution in [1.82, 2.24) is 4.90 Å². The Morgan fingerprint density at radius 3 is 2.56 bits per heavy atom. The van der Waals surface area contributed by atoms with Crippen LogP contribution in [0.1, 0.15) is 43.9 Å². The van der Waals surface area contributed by atoms with Gasteiger partial charge in [-0.25, -0.2) is 9.18 Å². The van der Waals surface area contributed by atoms with Gasteiger partial charge in [-0.05, 0) is 49.2 Å². The van der Waals surface area contributed by atoms with Crippen molar-refractivity contribution >= 4 is 22.0 Å². The molecule has 0 aromatic heterocycles. The highest BCUT2D eigenvalue weighted by atomic mass is 79.9. The van der Waals surface area contributed by atoms with Gasteiger partial charge in [-0.2, -0.15) is 0 Å². The highest BCUT2D eigenvalue weighted by Gasteiger charge is 2.44. The fourth-order valence-electron chi connectivity index (χ4n) is 3.66. The van der Waals surface area contributed by atoms with Crippen molar-refractivity contribution in [3.63, 3.8) is 0 Å². The van der Waals surface area contributed by atoms with Crippen molar-refractivity contribution in [3.05, 3.63) is 69.9 Å². The van der Waals surface area contributed by atoms with Gasteiger partial charge in [0, 0.05) is 23.9 Å². The van der Waals surface area contributed by atoms with Gasteiger partial charge in [0.15, 0.2) is 0 Å². The van der Waals surface area contributed by atoms with E-state index >= 15 is 0 Å². The van der Waals surface area contributed by atoms with Gasteiger partial charge in [0.25, 0.3) is 0 Å². The largest absolute Gasteiger partial charge is 0.438 e. The Kier molecular flexibility index (Phi) is 5.86. The number of aliphatic hydroxyl groups excluding tert-OH is 1. The molecule has 2 aromatic rings. The van der Waals surface area contributed by atoms with Crippen LogP contribution in [0.5, 0.6) is 0 Å². The number of nitrogens with zero attached hydrogens (tertiary/aromatic N) is 1. The zero-order chi connectivity index (χ0) is 19.6. The molecule has 1 aliphatic rings. The predicted octanol–water partition coefficient (Wildman–Crippen LogP) is 5.16. The maximum absolute atomic E-state index is 13.3. The van der Waals surface area contributed by atoms with Gasteiger partial charge in [0.1, 0.15) is 11.4 Å². The first-order valence-electron chi connectivity index (χ1n) is 9.00. The lowest BCUT2D eigenvalue weighted by Crippen LogP contribution is -2.49. The minimum Gasteiger partial charge on any atom is -0.438 e. The minimum atomic E-state index is -0.952. The first kappa shape index (κ1) is 19.8. The monoisotopic (exact) mass is 435 g/mol. The van der Waals surface area contributed by atoms with Gasteiger partial charge >= 0.3 is 6.09 Å². The molecule has 0 saturated carbocycles. The smallest absolute Gasteiger partial charge is 0.411 e. The fraction of sp³-hybridized carbons (Fsp3) is 0.381. The summed E-state index contributed by atoms with van der Waals surface area (Å²) in [5.74, 6) is -0.349. The molecule has 1 fully saturated rings. The number of cyclic esters (lactones) is 1. The second-order valence-corrected chi connectivity index (χ2v) is 8.01. The molecule has 2 aromatic carbocycles. The molecule has 1 amide bonds. The Labute approximate surface area is 167 Å². The zero-order valence-corrected chi connectivity index (χ0v) is 16.9. The second-order valence-electron chi connectivity index (χ2n) is 7.10. The molecule has 0 aliphatic carbocycles. The SMILES string of the molecule is CC(O)C[C@]1(c2ccc(F)cc2)CCN([C@@H](C)c2cccc(Br)c2)C(=O)O1. The topological polar surface area (TPSA) is 49.8 Å². The number of carbonyl (C=O) groups is 1. The van der Waals surface area contributed by atoms with Crippen LogP contribution in [0.15, 0.2) is 53.0 Å². The molecule has 1 heterocycles. The third-order valence-electron chi connectivity index (χ3n) is 5.07. The molecule has 0 spiro atoms. The first-order chi connectivity index (χ1) is 12.8. The number of amides is 1. The lowest BCUT2D eigenvalue weighted by Gasteiger charge is -2.44. The molecule has 1 saturated heterocycles. The quantitative estimate of drug-likeness (QED) is 0.705. The summed E-state index contributed by atoms with van der Waals surface area (Å²) in [6, 6.07) is 13.6. The van der Waals surface area contributed by atoms with E-state index in [1.165, 1.54) is 12.1 Å². The van der Waals surface area contributed by atoms with E-state index in [0.29, 0.717) is 18.5 Å². The van der Waals surface area contributed by atoms with Crippen LogP contribution in [0.4, 0.5) is 9.18 Å². The average molecular weight is 436 g/mol. The highest BCUT2D eigenvalue weighted by Crippen LogP contribution is 2.40. The van der Waals surface area contributed by atoms with Crippen LogP contribution in [-0.2, 0) is 10.3 Å². The van der Waals surface area contributed by atoms with Crippen molar-refractivity contribution in [1.29, 1.82) is 0 Å². The molecule has 4 nitrogen and oxygen atoms in total. The molecule has 0 bridgehead atoms. The normalized spacial score (nSPS) is 22.3. The van der Waals surface area contributed by atoms with E-state index in [1.807, 2.05) is 31.2 Å². The summed E-state index contributed by atoms with van der Waals surface area (Å²) in [7, 11) is 0. The standard InChI is InChI=1S/C21H23BrFNO3/c1-14(25)13-21(17-6-8-19(23)9-7-17)10-11-24(20(26)27-21)15(2)16-4-3-5-18(22)12-16/h3-9,12,14-15,25H,10-11,13H2,1-2H3/t14?,15-,21-/m0/s1. The molecule has 144 valence electrons. The zero-order valence-electron chi connectivity index (χ0n) is 15.4. The molecule has 1 aliphatic heterocycles. The van der Waals surface area contributed by atoms with Crippen molar-refractivity contribution < 1.29 is 19.0 Å². The van der Waals surface area contributed by atoms with E-state index in [0.717, 1.165) is 10.0 Å². The summed E-state index contributed by atoms with van der Waals surface area (Å²) >= 11 is 3.46. The molecular formula is C21H23BrFNO3. The summed E-state index contributed by atoms with van der Waals surface area (Å²) in [5, 5.41) is 9.97. The molecule has 0 radical (unpaired) electrons. The summed E-state index contributed by atoms with van der Waals surface area (Å²) in [6.07, 6.45) is -0.299. The maximum Gasteiger partial charge on any atom is 0.411 e. The number of carbonyl (C=O) groups excluding carboxylic acids is 1. The number of rotatable bonds is 5. The Hall–Kier alpha value is -1.92. The van der Waals surface area contributed by atoms with Crippen LogP contribution >= 0.6 is 15.9 Å². The molecule has 3 rings (SSSR count). The number of ether oxygens (including phenoxy) is 1. The molecule has 1 unspecified atom stereocenters. The first-order valence-corrected chi connectivity index (χ1v) is 9.79. The van der Waals surface area contributed by atoms with Crippen LogP contribution in [-0.4, -0.2) is 28.7 Å². The Morgan fingerprint density at radius 1 is 1.26 bits per heavy atom. The number of aliphatic hydroxyl groups is 1. The molecule has 3 atom stereocenters. The fourth-order valence-corrected chi connectivity index (χ4v) is 4.08. The summed E-state index contributed by atoms with van der Waals surface area (Å²) in [4.78, 5) is 14.6. The Balaban J connectivity index is 1.85. The van der Waals surface area contributed by atoms with Gasteiger partial charge in [0.2, 0.25) is 0 Å². The summed E-state index contributed by atoms with van der Waals surface area (Å²) in [5.41, 5.74) is 0.756. The van der Waals surface area contributed by atoms with Gasteiger partial charge in [-0.1, -0.05) is 40.2 Å². The van der Waals surface area contributed by atoms with Crippen LogP contribution in [0.25, 0.3) is 0 Å². The summed E-state index contributed by atoms with van der Waals surface area (Å²) < 4.78 is 20.2. The highest BCUT2D eigenvalue weighted by molar-refractivity contribution is 9.10. The molecule has 1 N–H and O–H groups in total. The van der Waals surface area contributed by atoms with Crippen LogP contribution in [0, 0.1) is 5.82 Å². The lowest BCUT2D eigenvalue weighted by atomic mass is 9.84. The Bertz CT molecular complexity index is 811. The van der Waals surface area contributed by atoms with Crippen molar-refractivity contribution in [3.8, 4) is 0 Å². The van der Waals surface area contributed by atoms with Crippen molar-refractivity contribution in [2.45, 2.75) is 44.4 Å². The van der Waals surface area contributed by atoms with E-state index in [1.54, 1.807) is 24.0 Å². The Morgan fingerprint density at radius 2 is 1.96 bits per heavy atom. The third-order valence-corrected chi connectivity index (χ3v) is 5.56. The lowest BCUT2D eigenvalue weighted by molar-refractivity contribution is -0.0816. The van der Waals surface area contributed by atoms with Gasteiger partial charge in [0.05, 0.1) is 12.1 Å². The molecule has 6 heteroatoms. The van der Waals surface area contributed by atoms with E-state index in [9.17, 15) is 14.3 Å². The number of benzene rings is 2. The van der Waals surface area contributed by atoms with E-state index in [-0.39, 0.29) is 18.3 Å². The second kappa shape index (κ2) is 7.98. The maximum atomic E-state index is 13.3. The summed E-state index contributed by atoms with van der Waals surface area (Å²) in [6.45, 7) is 4.11. The van der Waals surface area contributed by atoms with Crippen LogP contribution in [0.2, 0.25) is 0 Å². The van der Waals surface area contributed by atoms with E-state index in [2.05, 4.69) is 15.9 Å². The third kappa shape index (κ3) is 4.33. The van der Waals surface area contributed by atoms with Crippen LogP contribution < -0.4 is 0 Å². The predicted molar refractivity (Wildman–Crippen MR) is 105 cm³/mol. The molecular weight excluding hydrogens is 413 g/mol. The van der Waals surface area contributed by atoms with Gasteiger partial charge in [-0.3, -0.25) is 0 Å². The number of hydrogen-bond donors (Lipinski definition) is 1. The van der Waals surface area contributed by atoms with Crippen molar-refractivity contribution in [2.24, 2.45) is 0 Å². The molecule has 27 heavy (non-hydrogen) atoms. The number of halogens is 2. The van der Waals surface area contributed by atoms with E-state index in [4.69, 9.17) is 4.74 Å². The van der Waals surface area contributed by atoms with Crippen LogP contribution in [0.3, 0.4) is 0 Å². The van der Waals surface area contributed by atoms with Gasteiger partial charge < -0.3 is 14.7 Å². The van der Waals surface area contributed by atoms with Crippen molar-refractivity contribution in [2.75, 3.05) is 6.54 Å². The van der Waals surface area contributed by atoms with Gasteiger partial charge in [-0.15, -0.1) is 0 Å². The average Bonchev–Trinajstić information content (AvgIpc) is 2.61.